The highest BCUT2D eigenvalue weighted by atomic mass is 28.3. The number of esters is 1. The average molecular weight is 282 g/mol. The predicted octanol–water partition coefficient (Wildman–Crippen LogP) is 4.95. The van der Waals surface area contributed by atoms with Crippen LogP contribution in [-0.2, 0) is 9.53 Å². The van der Waals surface area contributed by atoms with Gasteiger partial charge in [-0.05, 0) is 39.2 Å². The molecule has 0 unspecified atom stereocenters. The molecule has 0 aromatic carbocycles. The van der Waals surface area contributed by atoms with Gasteiger partial charge >= 0.3 is 5.97 Å². The van der Waals surface area contributed by atoms with Crippen LogP contribution in [0, 0.1) is 0 Å². The van der Waals surface area contributed by atoms with Crippen molar-refractivity contribution in [2.24, 2.45) is 0 Å². The Morgan fingerprint density at radius 1 is 1.05 bits per heavy atom. The lowest BCUT2D eigenvalue weighted by atomic mass is 10.1. The largest absolute Gasteiger partial charge is 0.466 e. The van der Waals surface area contributed by atoms with Crippen molar-refractivity contribution < 1.29 is 9.53 Å². The summed E-state index contributed by atoms with van der Waals surface area (Å²) in [5, 5.41) is 0. The standard InChI is InChI=1S/C16H30O2Si/c1-14(2)9-7-10-16(13-19(4,5)6)11-8-12-18-15(3)17/h9,11H,7-8,10,12-13H2,1-6H3/b16-11-. The number of hydrogen-bond donors (Lipinski definition) is 0. The second kappa shape index (κ2) is 9.13. The summed E-state index contributed by atoms with van der Waals surface area (Å²) in [5.74, 6) is -0.190. The number of allylic oxidation sites excluding steroid dienone is 3. The van der Waals surface area contributed by atoms with Crippen LogP contribution in [0.1, 0.15) is 40.0 Å². The molecule has 19 heavy (non-hydrogen) atoms. The molecule has 0 aliphatic rings. The highest BCUT2D eigenvalue weighted by Crippen LogP contribution is 2.21. The molecule has 110 valence electrons. The second-order valence-corrected chi connectivity index (χ2v) is 12.0. The van der Waals surface area contributed by atoms with Crippen LogP contribution in [0.4, 0.5) is 0 Å². The van der Waals surface area contributed by atoms with Gasteiger partial charge in [0.1, 0.15) is 0 Å². The molecule has 0 rings (SSSR count). The molecule has 0 saturated heterocycles. The zero-order chi connectivity index (χ0) is 14.9. The second-order valence-electron chi connectivity index (χ2n) is 6.55. The third-order valence-electron chi connectivity index (χ3n) is 2.63. The molecule has 3 heteroatoms. The smallest absolute Gasteiger partial charge is 0.302 e. The first kappa shape index (κ1) is 18.2. The van der Waals surface area contributed by atoms with Crippen LogP contribution in [0.5, 0.6) is 0 Å². The highest BCUT2D eigenvalue weighted by molar-refractivity contribution is 6.76. The fourth-order valence-electron chi connectivity index (χ4n) is 1.96. The summed E-state index contributed by atoms with van der Waals surface area (Å²) in [6.07, 6.45) is 7.67. The van der Waals surface area contributed by atoms with Gasteiger partial charge < -0.3 is 4.74 Å². The maximum absolute atomic E-state index is 10.7. The van der Waals surface area contributed by atoms with Gasteiger partial charge in [0.2, 0.25) is 0 Å². The molecule has 0 aromatic heterocycles. The van der Waals surface area contributed by atoms with Crippen LogP contribution >= 0.6 is 0 Å². The highest BCUT2D eigenvalue weighted by Gasteiger charge is 2.14. The number of carbonyl (C=O) groups excluding carboxylic acids is 1. The molecule has 0 radical (unpaired) electrons. The molecule has 0 bridgehead atoms. The van der Waals surface area contributed by atoms with Crippen LogP contribution in [0.15, 0.2) is 23.3 Å². The minimum Gasteiger partial charge on any atom is -0.466 e. The van der Waals surface area contributed by atoms with E-state index in [-0.39, 0.29) is 5.97 Å². The quantitative estimate of drug-likeness (QED) is 0.272. The van der Waals surface area contributed by atoms with Crippen molar-refractivity contribution in [2.75, 3.05) is 6.61 Å². The van der Waals surface area contributed by atoms with Gasteiger partial charge in [0.25, 0.3) is 0 Å². The summed E-state index contributed by atoms with van der Waals surface area (Å²) >= 11 is 0. The molecule has 0 saturated carbocycles. The van der Waals surface area contributed by atoms with Crippen LogP contribution in [0.3, 0.4) is 0 Å². The Hall–Kier alpha value is -0.833. The number of rotatable bonds is 8. The normalized spacial score (nSPS) is 12.2. The van der Waals surface area contributed by atoms with Gasteiger partial charge in [-0.25, -0.2) is 0 Å². The number of carbonyl (C=O) groups is 1. The third-order valence-corrected chi connectivity index (χ3v) is 4.15. The van der Waals surface area contributed by atoms with E-state index in [1.165, 1.54) is 24.1 Å². The Balaban J connectivity index is 4.35. The zero-order valence-electron chi connectivity index (χ0n) is 13.5. The third kappa shape index (κ3) is 13.4. The van der Waals surface area contributed by atoms with Gasteiger partial charge in [-0.2, -0.15) is 0 Å². The number of hydrogen-bond acceptors (Lipinski definition) is 2. The van der Waals surface area contributed by atoms with E-state index in [9.17, 15) is 4.79 Å². The van der Waals surface area contributed by atoms with Crippen LogP contribution in [0.25, 0.3) is 0 Å². The van der Waals surface area contributed by atoms with Crippen molar-refractivity contribution in [3.05, 3.63) is 23.3 Å². The van der Waals surface area contributed by atoms with Crippen LogP contribution in [-0.4, -0.2) is 20.7 Å². The van der Waals surface area contributed by atoms with E-state index in [0.717, 1.165) is 19.3 Å². The van der Waals surface area contributed by atoms with Gasteiger partial charge in [-0.15, -0.1) is 0 Å². The molecular formula is C16H30O2Si. The van der Waals surface area contributed by atoms with Gasteiger partial charge in [0.05, 0.1) is 6.61 Å². The summed E-state index contributed by atoms with van der Waals surface area (Å²) in [6, 6.07) is 1.24. The average Bonchev–Trinajstić information content (AvgIpc) is 2.21. The maximum Gasteiger partial charge on any atom is 0.302 e. The van der Waals surface area contributed by atoms with Crippen molar-refractivity contribution in [3.63, 3.8) is 0 Å². The Bertz CT molecular complexity index is 331. The van der Waals surface area contributed by atoms with Crippen molar-refractivity contribution in [1.29, 1.82) is 0 Å². The van der Waals surface area contributed by atoms with E-state index >= 15 is 0 Å². The topological polar surface area (TPSA) is 26.3 Å². The summed E-state index contributed by atoms with van der Waals surface area (Å²) in [5.41, 5.74) is 2.91. The molecule has 0 N–H and O–H groups in total. The molecule has 0 fully saturated rings. The van der Waals surface area contributed by atoms with Gasteiger partial charge in [0.15, 0.2) is 0 Å². The molecule has 0 aliphatic carbocycles. The van der Waals surface area contributed by atoms with E-state index < -0.39 is 8.07 Å². The lowest BCUT2D eigenvalue weighted by Crippen LogP contribution is -2.20. The van der Waals surface area contributed by atoms with Crippen LogP contribution in [0.2, 0.25) is 25.7 Å². The van der Waals surface area contributed by atoms with Crippen molar-refractivity contribution in [2.45, 2.75) is 65.7 Å². The molecule has 0 aliphatic heterocycles. The SMILES string of the molecule is CC(=O)OCC/C=C(/CCC=C(C)C)C[Si](C)(C)C. The van der Waals surface area contributed by atoms with Gasteiger partial charge in [-0.1, -0.05) is 42.9 Å². The first-order valence-corrected chi connectivity index (χ1v) is 10.9. The fourth-order valence-corrected chi connectivity index (χ4v) is 3.64. The minimum absolute atomic E-state index is 0.190. The van der Waals surface area contributed by atoms with Crippen molar-refractivity contribution in [1.82, 2.24) is 0 Å². The number of ether oxygens (including phenoxy) is 1. The lowest BCUT2D eigenvalue weighted by molar-refractivity contribution is -0.140. The first-order valence-electron chi connectivity index (χ1n) is 7.15. The molecule has 2 nitrogen and oxygen atoms in total. The molecule has 0 aromatic rings. The Labute approximate surface area is 119 Å². The van der Waals surface area contributed by atoms with E-state index in [1.807, 2.05) is 0 Å². The first-order chi connectivity index (χ1) is 8.70. The maximum atomic E-state index is 10.7. The summed E-state index contributed by atoms with van der Waals surface area (Å²) in [6.45, 7) is 13.4. The van der Waals surface area contributed by atoms with Crippen LogP contribution < -0.4 is 0 Å². The minimum atomic E-state index is -1.08. The van der Waals surface area contributed by atoms with Gasteiger partial charge in [-0.3, -0.25) is 4.79 Å². The molecule has 0 amide bonds. The van der Waals surface area contributed by atoms with Crippen molar-refractivity contribution in [3.8, 4) is 0 Å². The fraction of sp³-hybridized carbons (Fsp3) is 0.688. The molecule has 0 atom stereocenters. The Morgan fingerprint density at radius 3 is 2.16 bits per heavy atom. The van der Waals surface area contributed by atoms with E-state index in [2.05, 4.69) is 45.6 Å². The Kier molecular flexibility index (Phi) is 8.73. The Morgan fingerprint density at radius 2 is 1.68 bits per heavy atom. The monoisotopic (exact) mass is 282 g/mol. The zero-order valence-corrected chi connectivity index (χ0v) is 14.5. The molecular weight excluding hydrogens is 252 g/mol. The van der Waals surface area contributed by atoms with Gasteiger partial charge in [0, 0.05) is 15.0 Å². The van der Waals surface area contributed by atoms with E-state index in [0.29, 0.717) is 6.61 Å². The molecule has 0 spiro atoms. The summed E-state index contributed by atoms with van der Waals surface area (Å²) < 4.78 is 4.98. The van der Waals surface area contributed by atoms with Crippen molar-refractivity contribution >= 4 is 14.0 Å². The van der Waals surface area contributed by atoms with E-state index in [4.69, 9.17) is 4.74 Å². The lowest BCUT2D eigenvalue weighted by Gasteiger charge is -2.18. The van der Waals surface area contributed by atoms with E-state index in [1.54, 1.807) is 0 Å². The molecule has 0 heterocycles. The summed E-state index contributed by atoms with van der Waals surface area (Å²) in [7, 11) is -1.08. The predicted molar refractivity (Wildman–Crippen MR) is 86.2 cm³/mol. The summed E-state index contributed by atoms with van der Waals surface area (Å²) in [4.78, 5) is 10.7.